The van der Waals surface area contributed by atoms with Crippen molar-refractivity contribution in [3.63, 3.8) is 0 Å². The molecule has 1 amide bonds. The summed E-state index contributed by atoms with van der Waals surface area (Å²) in [4.78, 5) is 31.3. The van der Waals surface area contributed by atoms with Gasteiger partial charge in [0.1, 0.15) is 12.4 Å². The highest BCUT2D eigenvalue weighted by Gasteiger charge is 2.51. The zero-order chi connectivity index (χ0) is 31.1. The molecular formula is C34H38ClN7O3. The van der Waals surface area contributed by atoms with E-state index < -0.39 is 0 Å². The first kappa shape index (κ1) is 29.8. The molecule has 5 heterocycles. The molecule has 0 saturated carbocycles. The Morgan fingerprint density at radius 3 is 2.87 bits per heavy atom. The maximum absolute atomic E-state index is 12.6. The number of fused-ring (bicyclic) bond motifs is 3. The number of carbonyl (C=O) groups is 1. The first-order chi connectivity index (χ1) is 21.9. The van der Waals surface area contributed by atoms with Gasteiger partial charge in [-0.2, -0.15) is 15.2 Å². The average Bonchev–Trinajstić information content (AvgIpc) is 3.62. The molecule has 0 spiro atoms. The van der Waals surface area contributed by atoms with E-state index in [9.17, 15) is 10.1 Å². The van der Waals surface area contributed by atoms with E-state index in [-0.39, 0.29) is 23.8 Å². The van der Waals surface area contributed by atoms with Crippen LogP contribution in [0.15, 0.2) is 49.1 Å². The molecule has 0 bridgehead atoms. The van der Waals surface area contributed by atoms with Crippen LogP contribution in [0.4, 0.5) is 11.5 Å². The van der Waals surface area contributed by atoms with E-state index in [4.69, 9.17) is 31.0 Å². The number of rotatable bonds is 7. The molecule has 7 rings (SSSR count). The van der Waals surface area contributed by atoms with Gasteiger partial charge in [0, 0.05) is 54.3 Å². The fraction of sp³-hybridized carbons (Fsp3) is 0.471. The SMILES string of the molecule is C=CC(=O)N1CCN(c2nc(OCC34CCN(C)C3COC4)nc3c2CCN(c2cccc4cccc(Cl)c24)C3)C[C@@H]1CC#N. The summed E-state index contributed by atoms with van der Waals surface area (Å²) in [5.74, 6) is 0.682. The van der Waals surface area contributed by atoms with Crippen LogP contribution < -0.4 is 14.5 Å². The van der Waals surface area contributed by atoms with Gasteiger partial charge in [-0.1, -0.05) is 42.4 Å². The van der Waals surface area contributed by atoms with Crippen molar-refractivity contribution >= 4 is 39.8 Å². The van der Waals surface area contributed by atoms with Crippen molar-refractivity contribution in [2.75, 3.05) is 69.4 Å². The number of likely N-dealkylation sites (N-methyl/N-ethyl adjacent to an activating group) is 1. The van der Waals surface area contributed by atoms with Gasteiger partial charge >= 0.3 is 6.01 Å². The molecule has 234 valence electrons. The Hall–Kier alpha value is -3.91. The number of ether oxygens (including phenoxy) is 2. The van der Waals surface area contributed by atoms with E-state index in [1.807, 2.05) is 12.1 Å². The second kappa shape index (κ2) is 12.1. The van der Waals surface area contributed by atoms with E-state index >= 15 is 0 Å². The third kappa shape index (κ3) is 5.37. The summed E-state index contributed by atoms with van der Waals surface area (Å²) >= 11 is 6.73. The second-order valence-electron chi connectivity index (χ2n) is 12.7. The number of piperazine rings is 1. The van der Waals surface area contributed by atoms with E-state index in [2.05, 4.69) is 58.7 Å². The molecule has 3 saturated heterocycles. The number of halogens is 1. The van der Waals surface area contributed by atoms with E-state index in [1.165, 1.54) is 6.08 Å². The minimum atomic E-state index is -0.258. The number of anilines is 2. The zero-order valence-electron chi connectivity index (χ0n) is 25.6. The monoisotopic (exact) mass is 627 g/mol. The minimum absolute atomic E-state index is 0.0749. The van der Waals surface area contributed by atoms with Gasteiger partial charge in [-0.15, -0.1) is 0 Å². The van der Waals surface area contributed by atoms with Crippen molar-refractivity contribution in [1.82, 2.24) is 19.8 Å². The number of aromatic nitrogens is 2. The van der Waals surface area contributed by atoms with E-state index in [0.717, 1.165) is 64.5 Å². The number of hydrogen-bond donors (Lipinski definition) is 0. The van der Waals surface area contributed by atoms with Gasteiger partial charge in [0.2, 0.25) is 5.91 Å². The summed E-state index contributed by atoms with van der Waals surface area (Å²) < 4.78 is 12.4. The minimum Gasteiger partial charge on any atom is -0.463 e. The molecular weight excluding hydrogens is 590 g/mol. The summed E-state index contributed by atoms with van der Waals surface area (Å²) in [7, 11) is 2.15. The highest BCUT2D eigenvalue weighted by molar-refractivity contribution is 6.36. The zero-order valence-corrected chi connectivity index (χ0v) is 26.4. The van der Waals surface area contributed by atoms with Gasteiger partial charge in [-0.3, -0.25) is 4.79 Å². The summed E-state index contributed by atoms with van der Waals surface area (Å²) in [6.45, 7) is 9.50. The van der Waals surface area contributed by atoms with Crippen molar-refractivity contribution in [2.45, 2.75) is 37.9 Å². The van der Waals surface area contributed by atoms with E-state index in [1.54, 1.807) is 4.90 Å². The predicted octanol–water partition coefficient (Wildman–Crippen LogP) is 4.06. The molecule has 10 nitrogen and oxygen atoms in total. The normalized spacial score (nSPS) is 24.8. The maximum Gasteiger partial charge on any atom is 0.318 e. The number of amides is 1. The number of nitrogens with zero attached hydrogens (tertiary/aromatic N) is 7. The molecule has 0 aliphatic carbocycles. The fourth-order valence-electron chi connectivity index (χ4n) is 7.65. The van der Waals surface area contributed by atoms with Crippen LogP contribution in [0.3, 0.4) is 0 Å². The lowest BCUT2D eigenvalue weighted by atomic mass is 9.84. The highest BCUT2D eigenvalue weighted by atomic mass is 35.5. The summed E-state index contributed by atoms with van der Waals surface area (Å²) in [5, 5.41) is 12.4. The lowest BCUT2D eigenvalue weighted by Crippen LogP contribution is -2.55. The molecule has 3 aromatic rings. The summed E-state index contributed by atoms with van der Waals surface area (Å²) in [6.07, 6.45) is 3.31. The first-order valence-electron chi connectivity index (χ1n) is 15.7. The lowest BCUT2D eigenvalue weighted by Gasteiger charge is -2.42. The second-order valence-corrected chi connectivity index (χ2v) is 13.1. The lowest BCUT2D eigenvalue weighted by molar-refractivity contribution is -0.128. The molecule has 3 atom stereocenters. The van der Waals surface area contributed by atoms with Crippen LogP contribution in [0.5, 0.6) is 6.01 Å². The Labute approximate surface area is 268 Å². The number of nitriles is 1. The summed E-state index contributed by atoms with van der Waals surface area (Å²) in [6, 6.07) is 15.0. The Bertz CT molecular complexity index is 1670. The third-order valence-corrected chi connectivity index (χ3v) is 10.4. The van der Waals surface area contributed by atoms with Crippen molar-refractivity contribution in [3.05, 3.63) is 65.3 Å². The van der Waals surface area contributed by atoms with Gasteiger partial charge < -0.3 is 29.1 Å². The molecule has 2 unspecified atom stereocenters. The van der Waals surface area contributed by atoms with Crippen LogP contribution >= 0.6 is 11.6 Å². The molecule has 0 radical (unpaired) electrons. The smallest absolute Gasteiger partial charge is 0.318 e. The largest absolute Gasteiger partial charge is 0.463 e. The Morgan fingerprint density at radius 1 is 1.20 bits per heavy atom. The van der Waals surface area contributed by atoms with Gasteiger partial charge in [0.15, 0.2) is 0 Å². The van der Waals surface area contributed by atoms with Gasteiger partial charge in [-0.05, 0) is 50.0 Å². The molecule has 45 heavy (non-hydrogen) atoms. The number of likely N-dealkylation sites (tertiary alicyclic amines) is 1. The molecule has 4 aliphatic heterocycles. The van der Waals surface area contributed by atoms with E-state index in [0.29, 0.717) is 58.1 Å². The Morgan fingerprint density at radius 2 is 2.04 bits per heavy atom. The predicted molar refractivity (Wildman–Crippen MR) is 174 cm³/mol. The van der Waals surface area contributed by atoms with Crippen LogP contribution in [-0.4, -0.2) is 97.4 Å². The van der Waals surface area contributed by atoms with Crippen molar-refractivity contribution in [3.8, 4) is 12.1 Å². The molecule has 2 aromatic carbocycles. The van der Waals surface area contributed by atoms with Gasteiger partial charge in [0.05, 0.1) is 49.0 Å². The van der Waals surface area contributed by atoms with Crippen LogP contribution in [-0.2, 0) is 22.5 Å². The van der Waals surface area contributed by atoms with Gasteiger partial charge in [-0.25, -0.2) is 0 Å². The Kier molecular flexibility index (Phi) is 8.02. The van der Waals surface area contributed by atoms with Crippen LogP contribution in [0.25, 0.3) is 10.8 Å². The molecule has 3 fully saturated rings. The third-order valence-electron chi connectivity index (χ3n) is 10.1. The average molecular weight is 628 g/mol. The highest BCUT2D eigenvalue weighted by Crippen LogP contribution is 2.42. The van der Waals surface area contributed by atoms with Crippen molar-refractivity contribution in [1.29, 1.82) is 5.26 Å². The topological polar surface area (TPSA) is 98.1 Å². The fourth-order valence-corrected chi connectivity index (χ4v) is 7.93. The van der Waals surface area contributed by atoms with Gasteiger partial charge in [0.25, 0.3) is 0 Å². The van der Waals surface area contributed by atoms with Crippen molar-refractivity contribution < 1.29 is 14.3 Å². The molecule has 0 N–H and O–H groups in total. The first-order valence-corrected chi connectivity index (χ1v) is 16.1. The maximum atomic E-state index is 12.6. The number of carbonyl (C=O) groups excluding carboxylic acids is 1. The Balaban J connectivity index is 1.23. The molecule has 4 aliphatic rings. The quantitative estimate of drug-likeness (QED) is 0.359. The van der Waals surface area contributed by atoms with Crippen molar-refractivity contribution in [2.24, 2.45) is 5.41 Å². The van der Waals surface area contributed by atoms with Crippen LogP contribution in [0, 0.1) is 16.7 Å². The standard InChI is InChI=1S/C34H38ClN7O3/c1-3-30(43)42-17-16-41(18-24(42)10-13-36)32-25-11-14-40(28-9-5-7-23-6-4-8-26(35)31(23)28)19-27(25)37-33(38-32)45-22-34-12-15-39(2)29(34)20-44-21-34/h3-9,24,29H,1,10-12,14-22H2,2H3/t24-,29?,34?/m0/s1. The summed E-state index contributed by atoms with van der Waals surface area (Å²) in [5.41, 5.74) is 3.02. The van der Waals surface area contributed by atoms with Crippen LogP contribution in [0.2, 0.25) is 5.02 Å². The number of benzene rings is 2. The number of hydrogen-bond acceptors (Lipinski definition) is 9. The van der Waals surface area contributed by atoms with Crippen LogP contribution in [0.1, 0.15) is 24.1 Å². The molecule has 11 heteroatoms. The molecule has 1 aromatic heterocycles.